The van der Waals surface area contributed by atoms with Crippen molar-refractivity contribution in [3.8, 4) is 0 Å². The number of ether oxygens (including phenoxy) is 1. The zero-order valence-electron chi connectivity index (χ0n) is 12.8. The maximum Gasteiger partial charge on any atom is 0.250 e. The van der Waals surface area contributed by atoms with Gasteiger partial charge in [-0.25, -0.2) is 4.39 Å². The summed E-state index contributed by atoms with van der Waals surface area (Å²) in [6, 6.07) is 4.80. The molecule has 0 spiro atoms. The molecule has 1 aliphatic rings. The van der Waals surface area contributed by atoms with Crippen molar-refractivity contribution < 1.29 is 13.9 Å². The summed E-state index contributed by atoms with van der Waals surface area (Å²) in [5.41, 5.74) is 6.48. The number of hydrogen-bond donors (Lipinski definition) is 1. The topological polar surface area (TPSA) is 60.5 Å². The van der Waals surface area contributed by atoms with Crippen LogP contribution in [0.25, 0.3) is 10.9 Å². The molecule has 1 fully saturated rings. The Morgan fingerprint density at radius 1 is 1.50 bits per heavy atom. The van der Waals surface area contributed by atoms with Gasteiger partial charge in [-0.3, -0.25) is 9.69 Å². The van der Waals surface area contributed by atoms with Crippen LogP contribution in [0.2, 0.25) is 0 Å². The van der Waals surface area contributed by atoms with E-state index in [1.54, 1.807) is 19.1 Å². The second-order valence-electron chi connectivity index (χ2n) is 6.08. The lowest BCUT2D eigenvalue weighted by Crippen LogP contribution is -2.56. The smallest absolute Gasteiger partial charge is 0.250 e. The Morgan fingerprint density at radius 3 is 3.00 bits per heavy atom. The highest BCUT2D eigenvalue weighted by atomic mass is 19.1. The number of amides is 1. The Morgan fingerprint density at radius 2 is 2.27 bits per heavy atom. The SMILES string of the molecule is Cn1cc(CN2CCOC(C)(C(N)=O)C2)c2cc(F)ccc21. The van der Waals surface area contributed by atoms with Gasteiger partial charge in [-0.15, -0.1) is 0 Å². The van der Waals surface area contributed by atoms with E-state index in [1.807, 2.05) is 17.8 Å². The first-order chi connectivity index (χ1) is 10.4. The van der Waals surface area contributed by atoms with Gasteiger partial charge in [0, 0.05) is 43.8 Å². The van der Waals surface area contributed by atoms with Gasteiger partial charge in [-0.2, -0.15) is 0 Å². The van der Waals surface area contributed by atoms with E-state index >= 15 is 0 Å². The Balaban J connectivity index is 1.87. The minimum atomic E-state index is -0.964. The maximum absolute atomic E-state index is 13.5. The summed E-state index contributed by atoms with van der Waals surface area (Å²) in [7, 11) is 1.94. The van der Waals surface area contributed by atoms with Crippen molar-refractivity contribution in [3.63, 3.8) is 0 Å². The van der Waals surface area contributed by atoms with Crippen molar-refractivity contribution >= 4 is 16.8 Å². The number of primary amides is 1. The molecule has 0 saturated carbocycles. The van der Waals surface area contributed by atoms with Crippen LogP contribution in [0.3, 0.4) is 0 Å². The molecule has 2 aromatic rings. The van der Waals surface area contributed by atoms with Gasteiger partial charge in [0.05, 0.1) is 6.61 Å². The molecule has 1 aromatic heterocycles. The zero-order chi connectivity index (χ0) is 15.9. The molecule has 2 N–H and O–H groups in total. The first-order valence-corrected chi connectivity index (χ1v) is 7.29. The Labute approximate surface area is 128 Å². The second kappa shape index (κ2) is 5.37. The summed E-state index contributed by atoms with van der Waals surface area (Å²) < 4.78 is 21.0. The summed E-state index contributed by atoms with van der Waals surface area (Å²) in [5.74, 6) is -0.704. The van der Waals surface area contributed by atoms with Crippen LogP contribution in [0.1, 0.15) is 12.5 Å². The van der Waals surface area contributed by atoms with Crippen LogP contribution in [-0.4, -0.2) is 40.7 Å². The number of fused-ring (bicyclic) bond motifs is 1. The van der Waals surface area contributed by atoms with E-state index in [0.29, 0.717) is 26.2 Å². The first kappa shape index (κ1) is 15.0. The molecule has 1 aromatic carbocycles. The van der Waals surface area contributed by atoms with Crippen molar-refractivity contribution in [1.29, 1.82) is 0 Å². The lowest BCUT2D eigenvalue weighted by atomic mass is 10.0. The number of carbonyl (C=O) groups is 1. The highest BCUT2D eigenvalue weighted by Crippen LogP contribution is 2.25. The van der Waals surface area contributed by atoms with Crippen LogP contribution >= 0.6 is 0 Å². The Hall–Kier alpha value is -1.92. The van der Waals surface area contributed by atoms with E-state index in [0.717, 1.165) is 16.5 Å². The maximum atomic E-state index is 13.5. The van der Waals surface area contributed by atoms with Gasteiger partial charge in [-0.1, -0.05) is 0 Å². The van der Waals surface area contributed by atoms with Gasteiger partial charge >= 0.3 is 0 Å². The minimum Gasteiger partial charge on any atom is -0.367 e. The van der Waals surface area contributed by atoms with Crippen LogP contribution < -0.4 is 5.73 Å². The lowest BCUT2D eigenvalue weighted by molar-refractivity contribution is -0.153. The molecule has 1 aliphatic heterocycles. The number of morpholine rings is 1. The van der Waals surface area contributed by atoms with E-state index in [-0.39, 0.29) is 5.82 Å². The van der Waals surface area contributed by atoms with Crippen molar-refractivity contribution in [3.05, 3.63) is 35.8 Å². The third-order valence-corrected chi connectivity index (χ3v) is 4.30. The third-order valence-electron chi connectivity index (χ3n) is 4.30. The largest absolute Gasteiger partial charge is 0.367 e. The van der Waals surface area contributed by atoms with Gasteiger partial charge in [0.1, 0.15) is 5.82 Å². The predicted octanol–water partition coefficient (Wildman–Crippen LogP) is 1.39. The molecule has 1 atom stereocenters. The molecule has 0 radical (unpaired) electrons. The van der Waals surface area contributed by atoms with Crippen LogP contribution in [0.4, 0.5) is 4.39 Å². The van der Waals surface area contributed by atoms with Crippen LogP contribution in [0.5, 0.6) is 0 Å². The van der Waals surface area contributed by atoms with E-state index in [4.69, 9.17) is 10.5 Å². The Kier molecular flexibility index (Phi) is 3.66. The standard InChI is InChI=1S/C16H20FN3O2/c1-16(15(18)21)10-20(5-6-22-16)9-11-8-19(2)14-4-3-12(17)7-13(11)14/h3-4,7-8H,5-6,9-10H2,1-2H3,(H2,18,21). The molecular weight excluding hydrogens is 285 g/mol. The number of halogens is 1. The lowest BCUT2D eigenvalue weighted by Gasteiger charge is -2.38. The molecule has 2 heterocycles. The molecule has 6 heteroatoms. The highest BCUT2D eigenvalue weighted by Gasteiger charge is 2.37. The molecule has 1 amide bonds. The van der Waals surface area contributed by atoms with Crippen LogP contribution in [0, 0.1) is 5.82 Å². The number of nitrogens with zero attached hydrogens (tertiary/aromatic N) is 2. The van der Waals surface area contributed by atoms with Crippen molar-refractivity contribution in [1.82, 2.24) is 9.47 Å². The van der Waals surface area contributed by atoms with E-state index < -0.39 is 11.5 Å². The fraction of sp³-hybridized carbons (Fsp3) is 0.438. The summed E-state index contributed by atoms with van der Waals surface area (Å²) in [6.45, 7) is 3.96. The summed E-state index contributed by atoms with van der Waals surface area (Å²) in [5, 5.41) is 0.898. The fourth-order valence-corrected chi connectivity index (χ4v) is 3.05. The normalized spacial score (nSPS) is 23.0. The van der Waals surface area contributed by atoms with Crippen molar-refractivity contribution in [2.75, 3.05) is 19.7 Å². The second-order valence-corrected chi connectivity index (χ2v) is 6.08. The number of rotatable bonds is 3. The number of nitrogens with two attached hydrogens (primary N) is 1. The van der Waals surface area contributed by atoms with Crippen LogP contribution in [0.15, 0.2) is 24.4 Å². The molecule has 3 rings (SSSR count). The zero-order valence-corrected chi connectivity index (χ0v) is 12.8. The first-order valence-electron chi connectivity index (χ1n) is 7.29. The predicted molar refractivity (Wildman–Crippen MR) is 81.7 cm³/mol. The number of aromatic nitrogens is 1. The molecule has 118 valence electrons. The van der Waals surface area contributed by atoms with E-state index in [1.165, 1.54) is 6.07 Å². The third kappa shape index (κ3) is 2.60. The Bertz CT molecular complexity index is 727. The van der Waals surface area contributed by atoms with Crippen molar-refractivity contribution in [2.45, 2.75) is 19.1 Å². The summed E-state index contributed by atoms with van der Waals surface area (Å²) >= 11 is 0. The van der Waals surface area contributed by atoms with E-state index in [9.17, 15) is 9.18 Å². The summed E-state index contributed by atoms with van der Waals surface area (Å²) in [4.78, 5) is 13.7. The molecule has 0 bridgehead atoms. The number of aryl methyl sites for hydroxylation is 1. The molecule has 1 unspecified atom stereocenters. The quantitative estimate of drug-likeness (QED) is 0.932. The molecule has 1 saturated heterocycles. The number of benzene rings is 1. The average Bonchev–Trinajstić information content (AvgIpc) is 2.75. The fourth-order valence-electron chi connectivity index (χ4n) is 3.05. The van der Waals surface area contributed by atoms with Crippen LogP contribution in [-0.2, 0) is 23.1 Å². The monoisotopic (exact) mass is 305 g/mol. The van der Waals surface area contributed by atoms with Gasteiger partial charge in [-0.05, 0) is 30.7 Å². The number of hydrogen-bond acceptors (Lipinski definition) is 3. The average molecular weight is 305 g/mol. The molecule has 22 heavy (non-hydrogen) atoms. The summed E-state index contributed by atoms with van der Waals surface area (Å²) in [6.07, 6.45) is 2.00. The number of carbonyl (C=O) groups excluding carboxylic acids is 1. The molecular formula is C16H20FN3O2. The van der Waals surface area contributed by atoms with Crippen molar-refractivity contribution in [2.24, 2.45) is 12.8 Å². The molecule has 0 aliphatic carbocycles. The minimum absolute atomic E-state index is 0.246. The van der Waals surface area contributed by atoms with Gasteiger partial charge < -0.3 is 15.0 Å². The van der Waals surface area contributed by atoms with Gasteiger partial charge in [0.15, 0.2) is 5.60 Å². The van der Waals surface area contributed by atoms with E-state index in [2.05, 4.69) is 4.90 Å². The highest BCUT2D eigenvalue weighted by molar-refractivity contribution is 5.84. The molecule has 5 nitrogen and oxygen atoms in total. The van der Waals surface area contributed by atoms with Gasteiger partial charge in [0.25, 0.3) is 5.91 Å². The van der Waals surface area contributed by atoms with Gasteiger partial charge in [0.2, 0.25) is 0 Å².